The van der Waals surface area contributed by atoms with Gasteiger partial charge in [-0.25, -0.2) is 4.98 Å². The van der Waals surface area contributed by atoms with Crippen LogP contribution in [0.25, 0.3) is 0 Å². The zero-order valence-electron chi connectivity index (χ0n) is 14.5. The van der Waals surface area contributed by atoms with E-state index in [1.54, 1.807) is 25.3 Å². The third-order valence-electron chi connectivity index (χ3n) is 4.27. The van der Waals surface area contributed by atoms with Gasteiger partial charge in [-0.1, -0.05) is 6.07 Å². The third-order valence-corrected chi connectivity index (χ3v) is 4.27. The third kappa shape index (κ3) is 4.15. The monoisotopic (exact) mass is 356 g/mol. The molecule has 0 saturated carbocycles. The number of morpholine rings is 1. The summed E-state index contributed by atoms with van der Waals surface area (Å²) in [6.45, 7) is 4.89. The fourth-order valence-electron chi connectivity index (χ4n) is 2.77. The molecule has 1 fully saturated rings. The van der Waals surface area contributed by atoms with Crippen molar-refractivity contribution in [3.8, 4) is 0 Å². The number of ether oxygens (including phenoxy) is 1. The van der Waals surface area contributed by atoms with E-state index in [-0.39, 0.29) is 17.2 Å². The van der Waals surface area contributed by atoms with Gasteiger partial charge in [-0.3, -0.25) is 14.9 Å². The first kappa shape index (κ1) is 17.8. The molecule has 2 heterocycles. The van der Waals surface area contributed by atoms with Gasteiger partial charge in [0.1, 0.15) is 5.82 Å². The number of aryl methyl sites for hydroxylation is 1. The normalized spacial score (nSPS) is 14.1. The molecule has 0 spiro atoms. The summed E-state index contributed by atoms with van der Waals surface area (Å²) in [4.78, 5) is 29.4. The molecule has 1 saturated heterocycles. The summed E-state index contributed by atoms with van der Waals surface area (Å²) in [7, 11) is 0. The van der Waals surface area contributed by atoms with E-state index in [9.17, 15) is 14.9 Å². The van der Waals surface area contributed by atoms with E-state index in [0.29, 0.717) is 25.3 Å². The predicted molar refractivity (Wildman–Crippen MR) is 96.3 cm³/mol. The van der Waals surface area contributed by atoms with Crippen molar-refractivity contribution in [2.75, 3.05) is 31.2 Å². The average molecular weight is 356 g/mol. The SMILES string of the molecule is Cc1ccc(C(=O)NCc2ccnc(N3CCOCC3)c2)cc1[N+](=O)[O-]. The lowest BCUT2D eigenvalue weighted by Crippen LogP contribution is -2.36. The van der Waals surface area contributed by atoms with Crippen molar-refractivity contribution in [2.45, 2.75) is 13.5 Å². The molecule has 0 aliphatic carbocycles. The highest BCUT2D eigenvalue weighted by Crippen LogP contribution is 2.19. The molecule has 8 heteroatoms. The quantitative estimate of drug-likeness (QED) is 0.650. The first-order valence-electron chi connectivity index (χ1n) is 8.35. The van der Waals surface area contributed by atoms with Gasteiger partial charge in [-0.05, 0) is 30.7 Å². The van der Waals surface area contributed by atoms with Crippen LogP contribution < -0.4 is 10.2 Å². The number of benzene rings is 1. The van der Waals surface area contributed by atoms with Gasteiger partial charge in [0.15, 0.2) is 0 Å². The second-order valence-corrected chi connectivity index (χ2v) is 6.06. The van der Waals surface area contributed by atoms with E-state index < -0.39 is 4.92 Å². The molecule has 1 amide bonds. The smallest absolute Gasteiger partial charge is 0.273 e. The standard InChI is InChI=1S/C18H20N4O4/c1-13-2-3-15(11-16(13)22(24)25)18(23)20-12-14-4-5-19-17(10-14)21-6-8-26-9-7-21/h2-5,10-11H,6-9,12H2,1H3,(H,20,23). The van der Waals surface area contributed by atoms with Gasteiger partial charge in [-0.2, -0.15) is 0 Å². The minimum Gasteiger partial charge on any atom is -0.378 e. The van der Waals surface area contributed by atoms with E-state index in [1.807, 2.05) is 12.1 Å². The molecule has 1 aliphatic heterocycles. The highest BCUT2D eigenvalue weighted by molar-refractivity contribution is 5.94. The first-order chi connectivity index (χ1) is 12.5. The van der Waals surface area contributed by atoms with E-state index >= 15 is 0 Å². The van der Waals surface area contributed by atoms with Crippen molar-refractivity contribution in [1.29, 1.82) is 0 Å². The molecule has 0 radical (unpaired) electrons. The number of amides is 1. The van der Waals surface area contributed by atoms with Crippen molar-refractivity contribution in [1.82, 2.24) is 10.3 Å². The maximum atomic E-state index is 12.3. The van der Waals surface area contributed by atoms with Crippen LogP contribution in [0.2, 0.25) is 0 Å². The van der Waals surface area contributed by atoms with Crippen LogP contribution in [0.1, 0.15) is 21.5 Å². The molecular weight excluding hydrogens is 336 g/mol. The molecule has 0 atom stereocenters. The highest BCUT2D eigenvalue weighted by Gasteiger charge is 2.16. The van der Waals surface area contributed by atoms with Gasteiger partial charge in [0.05, 0.1) is 18.1 Å². The summed E-state index contributed by atoms with van der Waals surface area (Å²) in [6, 6.07) is 8.24. The summed E-state index contributed by atoms with van der Waals surface area (Å²) >= 11 is 0. The Labute approximate surface area is 150 Å². The molecule has 3 rings (SSSR count). The minimum absolute atomic E-state index is 0.0591. The van der Waals surface area contributed by atoms with Crippen LogP contribution in [0.15, 0.2) is 36.5 Å². The maximum Gasteiger partial charge on any atom is 0.273 e. The van der Waals surface area contributed by atoms with Gasteiger partial charge in [0.25, 0.3) is 11.6 Å². The number of hydrogen-bond acceptors (Lipinski definition) is 6. The maximum absolute atomic E-state index is 12.3. The summed E-state index contributed by atoms with van der Waals surface area (Å²) in [6.07, 6.45) is 1.71. The van der Waals surface area contributed by atoms with E-state index in [0.717, 1.165) is 24.5 Å². The van der Waals surface area contributed by atoms with Crippen LogP contribution in [-0.4, -0.2) is 42.1 Å². The lowest BCUT2D eigenvalue weighted by Gasteiger charge is -2.28. The van der Waals surface area contributed by atoms with Crippen LogP contribution >= 0.6 is 0 Å². The summed E-state index contributed by atoms with van der Waals surface area (Å²) < 4.78 is 5.34. The number of rotatable bonds is 5. The fourth-order valence-corrected chi connectivity index (χ4v) is 2.77. The number of aromatic nitrogens is 1. The van der Waals surface area contributed by atoms with Crippen molar-refractivity contribution in [3.63, 3.8) is 0 Å². The number of anilines is 1. The number of nitro benzene ring substituents is 1. The summed E-state index contributed by atoms with van der Waals surface area (Å²) in [5, 5.41) is 13.8. The van der Waals surface area contributed by atoms with Crippen molar-refractivity contribution < 1.29 is 14.5 Å². The van der Waals surface area contributed by atoms with Crippen molar-refractivity contribution in [2.24, 2.45) is 0 Å². The molecule has 0 bridgehead atoms. The van der Waals surface area contributed by atoms with E-state index in [4.69, 9.17) is 4.74 Å². The number of hydrogen-bond donors (Lipinski definition) is 1. The Kier molecular flexibility index (Phi) is 5.43. The molecule has 0 unspecified atom stereocenters. The van der Waals surface area contributed by atoms with Gasteiger partial charge >= 0.3 is 0 Å². The Morgan fingerprint density at radius 3 is 2.81 bits per heavy atom. The number of carbonyl (C=O) groups is 1. The molecule has 2 aromatic rings. The molecule has 136 valence electrons. The molecule has 1 aromatic heterocycles. The number of carbonyl (C=O) groups excluding carboxylic acids is 1. The fraction of sp³-hybridized carbons (Fsp3) is 0.333. The van der Waals surface area contributed by atoms with Gasteiger partial charge in [-0.15, -0.1) is 0 Å². The molecular formula is C18H20N4O4. The van der Waals surface area contributed by atoms with Crippen LogP contribution in [-0.2, 0) is 11.3 Å². The van der Waals surface area contributed by atoms with Gasteiger partial charge < -0.3 is 15.0 Å². The van der Waals surface area contributed by atoms with Crippen LogP contribution in [0.5, 0.6) is 0 Å². The van der Waals surface area contributed by atoms with Crippen LogP contribution in [0.4, 0.5) is 11.5 Å². The molecule has 1 aromatic carbocycles. The molecule has 1 aliphatic rings. The van der Waals surface area contributed by atoms with Gasteiger partial charge in [0, 0.05) is 43.0 Å². The lowest BCUT2D eigenvalue weighted by molar-refractivity contribution is -0.385. The molecule has 1 N–H and O–H groups in total. The Hall–Kier alpha value is -3.00. The zero-order chi connectivity index (χ0) is 18.5. The number of nitro groups is 1. The molecule has 26 heavy (non-hydrogen) atoms. The van der Waals surface area contributed by atoms with E-state index in [1.165, 1.54) is 6.07 Å². The van der Waals surface area contributed by atoms with Crippen molar-refractivity contribution >= 4 is 17.4 Å². The highest BCUT2D eigenvalue weighted by atomic mass is 16.6. The first-order valence-corrected chi connectivity index (χ1v) is 8.35. The number of nitrogens with one attached hydrogen (secondary N) is 1. The van der Waals surface area contributed by atoms with Crippen molar-refractivity contribution in [3.05, 3.63) is 63.3 Å². The Bertz CT molecular complexity index is 819. The number of nitrogens with zero attached hydrogens (tertiary/aromatic N) is 3. The Morgan fingerprint density at radius 1 is 1.31 bits per heavy atom. The summed E-state index contributed by atoms with van der Waals surface area (Å²) in [5.74, 6) is 0.504. The Morgan fingerprint density at radius 2 is 2.08 bits per heavy atom. The molecule has 8 nitrogen and oxygen atoms in total. The zero-order valence-corrected chi connectivity index (χ0v) is 14.5. The number of pyridine rings is 1. The summed E-state index contributed by atoms with van der Waals surface area (Å²) in [5.41, 5.74) is 1.65. The van der Waals surface area contributed by atoms with Crippen LogP contribution in [0.3, 0.4) is 0 Å². The van der Waals surface area contributed by atoms with Crippen LogP contribution in [0, 0.1) is 17.0 Å². The second-order valence-electron chi connectivity index (χ2n) is 6.06. The largest absolute Gasteiger partial charge is 0.378 e. The van der Waals surface area contributed by atoms with E-state index in [2.05, 4.69) is 15.2 Å². The Balaban J connectivity index is 1.66. The minimum atomic E-state index is -0.483. The lowest BCUT2D eigenvalue weighted by atomic mass is 10.1. The average Bonchev–Trinajstić information content (AvgIpc) is 2.67. The second kappa shape index (κ2) is 7.92. The van der Waals surface area contributed by atoms with Gasteiger partial charge in [0.2, 0.25) is 0 Å². The topological polar surface area (TPSA) is 97.6 Å². The predicted octanol–water partition coefficient (Wildman–Crippen LogP) is 2.06.